The predicted molar refractivity (Wildman–Crippen MR) is 188 cm³/mol. The minimum Gasteiger partial charge on any atom is -0.350 e. The van der Waals surface area contributed by atoms with E-state index >= 15 is 0 Å². The first-order chi connectivity index (χ1) is 24.0. The van der Waals surface area contributed by atoms with E-state index in [0.717, 1.165) is 54.2 Å². The van der Waals surface area contributed by atoms with Crippen molar-refractivity contribution >= 4 is 35.0 Å². The van der Waals surface area contributed by atoms with Crippen molar-refractivity contribution in [3.05, 3.63) is 51.2 Å². The minimum atomic E-state index is -0.795. The van der Waals surface area contributed by atoms with Gasteiger partial charge in [-0.1, -0.05) is 0 Å². The van der Waals surface area contributed by atoms with Gasteiger partial charge < -0.3 is 24.9 Å². The molecule has 1 spiro atoms. The molecular weight excluding hydrogens is 658 g/mol. The Morgan fingerprint density at radius 3 is 2.28 bits per heavy atom. The average Bonchev–Trinajstić information content (AvgIpc) is 3.72. The van der Waals surface area contributed by atoms with E-state index in [1.807, 2.05) is 11.8 Å². The highest BCUT2D eigenvalue weighted by Crippen LogP contribution is 2.36. The Hall–Kier alpha value is -3.42. The molecule has 9 rings (SSSR count). The number of hydrogen-bond acceptors (Lipinski definition) is 8. The first-order valence-electron chi connectivity index (χ1n) is 18.3. The lowest BCUT2D eigenvalue weighted by Crippen LogP contribution is -2.59. The third-order valence-electron chi connectivity index (χ3n) is 12.0. The molecule has 4 saturated heterocycles. The zero-order valence-corrected chi connectivity index (χ0v) is 30.4. The average molecular weight is 708 g/mol. The van der Waals surface area contributed by atoms with E-state index in [-0.39, 0.29) is 54.5 Å². The molecule has 0 radical (unpaired) electrons. The number of likely N-dealkylation sites (N-methyl/N-ethyl adjacent to an activating group) is 1. The number of fused-ring (bicyclic) bond motifs is 2. The largest absolute Gasteiger partial charge is 0.350 e. The van der Waals surface area contributed by atoms with Crippen molar-refractivity contribution in [1.82, 2.24) is 34.8 Å². The van der Waals surface area contributed by atoms with E-state index in [2.05, 4.69) is 34.1 Å². The van der Waals surface area contributed by atoms with E-state index in [1.165, 1.54) is 24.3 Å². The molecule has 4 fully saturated rings. The van der Waals surface area contributed by atoms with Gasteiger partial charge in [0.2, 0.25) is 17.7 Å². The van der Waals surface area contributed by atoms with Crippen molar-refractivity contribution in [2.45, 2.75) is 94.3 Å². The van der Waals surface area contributed by atoms with Gasteiger partial charge in [0.1, 0.15) is 5.82 Å². The van der Waals surface area contributed by atoms with Gasteiger partial charge in [-0.15, -0.1) is 11.3 Å². The van der Waals surface area contributed by atoms with Crippen molar-refractivity contribution in [1.29, 1.82) is 0 Å². The Kier molecular flexibility index (Phi) is 10.0. The van der Waals surface area contributed by atoms with Crippen LogP contribution in [-0.2, 0) is 20.8 Å². The molecule has 2 atom stereocenters. The molecule has 13 heteroatoms. The van der Waals surface area contributed by atoms with Gasteiger partial charge in [0, 0.05) is 74.3 Å². The smallest absolute Gasteiger partial charge is 0.253 e. The second-order valence-corrected chi connectivity index (χ2v) is 16.5. The molecule has 4 amide bonds. The van der Waals surface area contributed by atoms with Gasteiger partial charge in [-0.25, -0.2) is 9.37 Å². The first-order valence-corrected chi connectivity index (χ1v) is 19.1. The van der Waals surface area contributed by atoms with Crippen LogP contribution >= 0.6 is 11.3 Å². The second kappa shape index (κ2) is 14.3. The summed E-state index contributed by atoms with van der Waals surface area (Å²) >= 11 is 1.65. The number of carbonyl (C=O) groups is 4. The predicted octanol–water partition coefficient (Wildman–Crippen LogP) is 3.03. The number of aryl methyl sites for hydroxylation is 1. The summed E-state index contributed by atoms with van der Waals surface area (Å²) in [5.41, 5.74) is 0.385. The zero-order valence-electron chi connectivity index (χ0n) is 29.5. The van der Waals surface area contributed by atoms with Crippen LogP contribution in [0.15, 0.2) is 24.3 Å². The summed E-state index contributed by atoms with van der Waals surface area (Å²) in [6.45, 7) is 6.26. The number of aromatic nitrogens is 1. The molecular formula is C37H50FN7O4S. The summed E-state index contributed by atoms with van der Waals surface area (Å²) < 4.78 is 13.5. The van der Waals surface area contributed by atoms with Crippen LogP contribution < -0.4 is 5.32 Å². The number of amides is 4. The third kappa shape index (κ3) is 7.18. The summed E-state index contributed by atoms with van der Waals surface area (Å²) in [5, 5.41) is 4.32. The van der Waals surface area contributed by atoms with Gasteiger partial charge in [0.05, 0.1) is 35.1 Å². The number of nitrogens with one attached hydrogen (secondary N) is 1. The molecule has 1 aromatic heterocycles. The lowest BCUT2D eigenvalue weighted by Gasteiger charge is -2.44. The Morgan fingerprint density at radius 2 is 1.62 bits per heavy atom. The molecule has 1 aromatic carbocycles. The second-order valence-electron chi connectivity index (χ2n) is 15.3. The van der Waals surface area contributed by atoms with Crippen LogP contribution in [0.4, 0.5) is 4.39 Å². The monoisotopic (exact) mass is 707 g/mol. The Labute approximate surface area is 298 Å². The number of halogens is 1. The van der Waals surface area contributed by atoms with Crippen LogP contribution in [0.1, 0.15) is 83.2 Å². The molecule has 7 aliphatic heterocycles. The van der Waals surface area contributed by atoms with Crippen molar-refractivity contribution in [3.8, 4) is 0 Å². The molecule has 6 bridgehead atoms. The normalized spacial score (nSPS) is 25.9. The van der Waals surface area contributed by atoms with Crippen LogP contribution in [0.5, 0.6) is 0 Å². The van der Waals surface area contributed by atoms with E-state index in [9.17, 15) is 23.6 Å². The molecule has 8 heterocycles. The molecule has 1 N–H and O–H groups in total. The van der Waals surface area contributed by atoms with Crippen molar-refractivity contribution in [2.24, 2.45) is 0 Å². The number of carbonyl (C=O) groups excluding carboxylic acids is 4. The number of nitrogens with zero attached hydrogens (tertiary/aromatic N) is 6. The summed E-state index contributed by atoms with van der Waals surface area (Å²) in [4.78, 5) is 71.5. The van der Waals surface area contributed by atoms with E-state index in [1.54, 1.807) is 16.2 Å². The summed E-state index contributed by atoms with van der Waals surface area (Å²) in [6, 6.07) is 5.94. The number of likely N-dealkylation sites (tertiary alicyclic amines) is 1. The number of hydrogen-bond donors (Lipinski definition) is 1. The Bertz CT molecular complexity index is 1590. The minimum absolute atomic E-state index is 0.00669. The van der Waals surface area contributed by atoms with Gasteiger partial charge in [-0.3, -0.25) is 24.1 Å². The molecule has 50 heavy (non-hydrogen) atoms. The molecule has 270 valence electrons. The summed E-state index contributed by atoms with van der Waals surface area (Å²) in [6.07, 6.45) is 5.34. The fraction of sp³-hybridized carbons (Fsp3) is 0.649. The van der Waals surface area contributed by atoms with Gasteiger partial charge in [0.15, 0.2) is 0 Å². The first kappa shape index (κ1) is 35.0. The number of benzene rings is 1. The van der Waals surface area contributed by atoms with Crippen LogP contribution in [-0.4, -0.2) is 137 Å². The summed E-state index contributed by atoms with van der Waals surface area (Å²) in [7, 11) is 4.19. The molecule has 2 aromatic rings. The van der Waals surface area contributed by atoms with Crippen molar-refractivity contribution in [3.63, 3.8) is 0 Å². The van der Waals surface area contributed by atoms with E-state index < -0.39 is 11.4 Å². The number of piperidine rings is 3. The van der Waals surface area contributed by atoms with Gasteiger partial charge >= 0.3 is 0 Å². The van der Waals surface area contributed by atoms with E-state index in [4.69, 9.17) is 4.98 Å². The standard InChI is InChI=1S/C37H50FN7O4S/c1-24-30-21-32(46)40-37(12-18-44(19-13-37)35(48)26-4-6-27(38)7-5-26)22-33(47)42-16-10-28(11-17-42)45-23-29(41(2)3)20-31(45)36(49)43-14-8-25(9-15-43)34(39-30)50-24/h4-7,25,28-29,31H,8-23H2,1-3H3,(H,40,46)/t29-,31-/m0/s1. The highest BCUT2D eigenvalue weighted by Gasteiger charge is 2.45. The summed E-state index contributed by atoms with van der Waals surface area (Å²) in [5.74, 6) is -0.243. The van der Waals surface area contributed by atoms with Crippen molar-refractivity contribution < 1.29 is 23.6 Å². The topological polar surface area (TPSA) is 109 Å². The molecule has 7 aliphatic rings. The van der Waals surface area contributed by atoms with Gasteiger partial charge in [-0.2, -0.15) is 0 Å². The molecule has 0 saturated carbocycles. The fourth-order valence-electron chi connectivity index (χ4n) is 8.80. The van der Waals surface area contributed by atoms with Crippen LogP contribution in [0.2, 0.25) is 0 Å². The lowest BCUT2D eigenvalue weighted by atomic mass is 9.83. The maximum atomic E-state index is 14.1. The van der Waals surface area contributed by atoms with Crippen LogP contribution in [0.3, 0.4) is 0 Å². The SMILES string of the molecule is Cc1sc2nc1CC(=O)NC1(CCN(C(=O)c3ccc(F)cc3)CC1)CC(=O)N1CCC(CC1)N1C[C@@H](N(C)C)C[C@H]1C(=O)N1CCC2CC1. The van der Waals surface area contributed by atoms with E-state index in [0.29, 0.717) is 63.7 Å². The molecule has 0 aliphatic carbocycles. The van der Waals surface area contributed by atoms with Gasteiger partial charge in [-0.05, 0) is 90.2 Å². The third-order valence-corrected chi connectivity index (χ3v) is 13.2. The highest BCUT2D eigenvalue weighted by molar-refractivity contribution is 7.11. The van der Waals surface area contributed by atoms with Crippen LogP contribution in [0.25, 0.3) is 0 Å². The molecule has 0 unspecified atom stereocenters. The lowest BCUT2D eigenvalue weighted by molar-refractivity contribution is -0.140. The maximum absolute atomic E-state index is 14.1. The fourth-order valence-corrected chi connectivity index (χ4v) is 9.91. The van der Waals surface area contributed by atoms with Crippen LogP contribution in [0, 0.1) is 12.7 Å². The van der Waals surface area contributed by atoms with Gasteiger partial charge in [0.25, 0.3) is 5.91 Å². The molecule has 11 nitrogen and oxygen atoms in total. The number of rotatable bonds is 2. The Morgan fingerprint density at radius 1 is 0.960 bits per heavy atom. The highest BCUT2D eigenvalue weighted by atomic mass is 32.1. The Balaban J connectivity index is 1.13. The number of thiazole rings is 1. The zero-order chi connectivity index (χ0) is 35.2. The quantitative estimate of drug-likeness (QED) is 0.512. The van der Waals surface area contributed by atoms with Crippen molar-refractivity contribution in [2.75, 3.05) is 59.9 Å². The maximum Gasteiger partial charge on any atom is 0.253 e.